The minimum Gasteiger partial charge on any atom is -0.305 e. The molecule has 0 aromatic carbocycles. The summed E-state index contributed by atoms with van der Waals surface area (Å²) in [5.41, 5.74) is 2.04. The summed E-state index contributed by atoms with van der Waals surface area (Å²) in [6, 6.07) is 10.0. The fourth-order valence-electron chi connectivity index (χ4n) is 2.58. The highest BCUT2D eigenvalue weighted by molar-refractivity contribution is 7.18. The van der Waals surface area contributed by atoms with E-state index in [9.17, 15) is 4.79 Å². The Labute approximate surface area is 140 Å². The summed E-state index contributed by atoms with van der Waals surface area (Å²) in [5, 5.41) is 4.73. The molecule has 0 atom stereocenters. The molecule has 4 aromatic rings. The summed E-state index contributed by atoms with van der Waals surface area (Å²) in [6.07, 6.45) is 1.99. The fourth-order valence-corrected chi connectivity index (χ4v) is 4.36. The molecule has 0 aliphatic heterocycles. The minimum atomic E-state index is -0.0659. The van der Waals surface area contributed by atoms with Gasteiger partial charge in [-0.3, -0.25) is 4.79 Å². The summed E-state index contributed by atoms with van der Waals surface area (Å²) < 4.78 is 2.07. The van der Waals surface area contributed by atoms with Gasteiger partial charge in [-0.2, -0.15) is 4.57 Å². The molecule has 0 saturated heterocycles. The molecule has 4 aromatic heterocycles. The van der Waals surface area contributed by atoms with Gasteiger partial charge in [0, 0.05) is 34.9 Å². The van der Waals surface area contributed by atoms with E-state index in [0.29, 0.717) is 17.8 Å². The van der Waals surface area contributed by atoms with E-state index in [0.717, 1.165) is 21.0 Å². The number of fused-ring (bicyclic) bond motifs is 1. The van der Waals surface area contributed by atoms with Gasteiger partial charge in [0.05, 0.1) is 5.39 Å². The highest BCUT2D eigenvalue weighted by Gasteiger charge is 2.15. The average molecular weight is 340 g/mol. The van der Waals surface area contributed by atoms with Crippen molar-refractivity contribution in [2.24, 2.45) is 0 Å². The number of thiophene rings is 2. The lowest BCUT2D eigenvalue weighted by Gasteiger charge is -2.01. The predicted octanol–water partition coefficient (Wildman–Crippen LogP) is 3.36. The van der Waals surface area contributed by atoms with E-state index in [1.165, 1.54) is 11.3 Å². The van der Waals surface area contributed by atoms with Gasteiger partial charge in [0.1, 0.15) is 4.83 Å². The van der Waals surface area contributed by atoms with Crippen molar-refractivity contribution >= 4 is 32.9 Å². The van der Waals surface area contributed by atoms with Crippen molar-refractivity contribution in [1.82, 2.24) is 9.97 Å². The summed E-state index contributed by atoms with van der Waals surface area (Å²) in [6.45, 7) is 2.60. The standard InChI is InChI=1S/C17H13N3OS2/c1-11-5-2-3-7-20(11)9-14-18-16(21)15-12(10-23-17(15)19-14)13-6-4-8-22-13/h2-8,10H,9H2,1H3/p+1. The van der Waals surface area contributed by atoms with Crippen molar-refractivity contribution in [2.75, 3.05) is 0 Å². The number of hydrogen-bond acceptors (Lipinski definition) is 4. The molecule has 4 heterocycles. The molecule has 0 spiro atoms. The van der Waals surface area contributed by atoms with Gasteiger partial charge in [-0.25, -0.2) is 4.98 Å². The summed E-state index contributed by atoms with van der Waals surface area (Å²) in [4.78, 5) is 22.0. The van der Waals surface area contributed by atoms with Crippen molar-refractivity contribution in [2.45, 2.75) is 13.5 Å². The van der Waals surface area contributed by atoms with Gasteiger partial charge in [0.15, 0.2) is 17.7 Å². The first-order valence-electron chi connectivity index (χ1n) is 7.22. The number of nitrogens with zero attached hydrogens (tertiary/aromatic N) is 2. The van der Waals surface area contributed by atoms with E-state index < -0.39 is 0 Å². The molecule has 0 fully saturated rings. The average Bonchev–Trinajstić information content (AvgIpc) is 3.18. The van der Waals surface area contributed by atoms with Crippen molar-refractivity contribution in [3.63, 3.8) is 0 Å². The Morgan fingerprint density at radius 2 is 2.13 bits per heavy atom. The number of pyridine rings is 1. The zero-order valence-corrected chi connectivity index (χ0v) is 14.1. The van der Waals surface area contributed by atoms with Crippen molar-refractivity contribution in [3.8, 4) is 10.4 Å². The lowest BCUT2D eigenvalue weighted by molar-refractivity contribution is -0.695. The van der Waals surface area contributed by atoms with E-state index in [2.05, 4.69) is 14.5 Å². The van der Waals surface area contributed by atoms with Crippen molar-refractivity contribution in [3.05, 3.63) is 69.2 Å². The van der Waals surface area contributed by atoms with Gasteiger partial charge in [0.2, 0.25) is 6.54 Å². The topological polar surface area (TPSA) is 49.6 Å². The van der Waals surface area contributed by atoms with Crippen LogP contribution in [0.1, 0.15) is 11.5 Å². The largest absolute Gasteiger partial charge is 0.305 e. The Bertz CT molecular complexity index is 1030. The van der Waals surface area contributed by atoms with Crippen LogP contribution in [0.3, 0.4) is 0 Å². The summed E-state index contributed by atoms with van der Waals surface area (Å²) in [5.74, 6) is 0.682. The minimum absolute atomic E-state index is 0.0659. The molecule has 23 heavy (non-hydrogen) atoms. The van der Waals surface area contributed by atoms with Crippen molar-refractivity contribution in [1.29, 1.82) is 0 Å². The number of hydrogen-bond donors (Lipinski definition) is 1. The number of rotatable bonds is 3. The SMILES string of the molecule is Cc1cccc[n+]1Cc1nc2scc(-c3cccs3)c2c(=O)[nH]1. The third kappa shape index (κ3) is 2.60. The Kier molecular flexibility index (Phi) is 3.55. The summed E-state index contributed by atoms with van der Waals surface area (Å²) in [7, 11) is 0. The molecule has 0 unspecified atom stereocenters. The maximum absolute atomic E-state index is 12.6. The summed E-state index contributed by atoms with van der Waals surface area (Å²) >= 11 is 3.16. The Morgan fingerprint density at radius 3 is 2.91 bits per heavy atom. The number of nitrogens with one attached hydrogen (secondary N) is 1. The predicted molar refractivity (Wildman–Crippen MR) is 94.0 cm³/mol. The third-order valence-electron chi connectivity index (χ3n) is 3.77. The second-order valence-corrected chi connectivity index (χ2v) is 7.10. The monoisotopic (exact) mass is 340 g/mol. The van der Waals surface area contributed by atoms with Crippen LogP contribution in [-0.2, 0) is 6.54 Å². The normalized spacial score (nSPS) is 11.2. The molecule has 0 bridgehead atoms. The molecular formula is C17H14N3OS2+. The van der Waals surface area contributed by atoms with Crippen LogP contribution in [0.5, 0.6) is 0 Å². The first kappa shape index (κ1) is 14.3. The van der Waals surface area contributed by atoms with E-state index in [1.807, 2.05) is 54.2 Å². The molecule has 0 radical (unpaired) electrons. The number of aromatic amines is 1. The van der Waals surface area contributed by atoms with E-state index in [1.54, 1.807) is 11.3 Å². The Morgan fingerprint density at radius 1 is 1.22 bits per heavy atom. The molecule has 0 amide bonds. The van der Waals surface area contributed by atoms with Gasteiger partial charge in [0.25, 0.3) is 5.56 Å². The maximum Gasteiger partial charge on any atom is 0.260 e. The maximum atomic E-state index is 12.6. The molecule has 6 heteroatoms. The van der Waals surface area contributed by atoms with Crippen LogP contribution in [0, 0.1) is 6.92 Å². The first-order chi connectivity index (χ1) is 11.2. The number of aryl methyl sites for hydroxylation is 1. The molecule has 114 valence electrons. The van der Waals surface area contributed by atoms with Crippen LogP contribution in [0.15, 0.2) is 52.1 Å². The smallest absolute Gasteiger partial charge is 0.260 e. The number of aromatic nitrogens is 3. The molecule has 0 saturated carbocycles. The molecule has 4 rings (SSSR count). The van der Waals surface area contributed by atoms with Gasteiger partial charge in [-0.15, -0.1) is 22.7 Å². The fraction of sp³-hybridized carbons (Fsp3) is 0.118. The molecule has 4 nitrogen and oxygen atoms in total. The zero-order chi connectivity index (χ0) is 15.8. The highest BCUT2D eigenvalue weighted by Crippen LogP contribution is 2.33. The van der Waals surface area contributed by atoms with Gasteiger partial charge in [-0.05, 0) is 11.4 Å². The van der Waals surface area contributed by atoms with Crippen LogP contribution >= 0.6 is 22.7 Å². The first-order valence-corrected chi connectivity index (χ1v) is 8.97. The van der Waals surface area contributed by atoms with E-state index in [4.69, 9.17) is 0 Å². The van der Waals surface area contributed by atoms with Crippen LogP contribution in [0.25, 0.3) is 20.7 Å². The third-order valence-corrected chi connectivity index (χ3v) is 5.54. The van der Waals surface area contributed by atoms with E-state index in [-0.39, 0.29) is 5.56 Å². The van der Waals surface area contributed by atoms with Gasteiger partial charge >= 0.3 is 0 Å². The highest BCUT2D eigenvalue weighted by atomic mass is 32.1. The molecule has 1 N–H and O–H groups in total. The Hall–Kier alpha value is -2.31. The quantitative estimate of drug-likeness (QED) is 0.581. The second-order valence-electron chi connectivity index (χ2n) is 5.29. The van der Waals surface area contributed by atoms with Crippen LogP contribution in [0.4, 0.5) is 0 Å². The molecule has 0 aliphatic carbocycles. The zero-order valence-electron chi connectivity index (χ0n) is 12.4. The lowest BCUT2D eigenvalue weighted by atomic mass is 10.2. The molecular weight excluding hydrogens is 326 g/mol. The van der Waals surface area contributed by atoms with Gasteiger partial charge in [-0.1, -0.05) is 12.1 Å². The number of H-pyrrole nitrogens is 1. The lowest BCUT2D eigenvalue weighted by Crippen LogP contribution is -2.38. The van der Waals surface area contributed by atoms with Crippen LogP contribution in [0.2, 0.25) is 0 Å². The van der Waals surface area contributed by atoms with Gasteiger partial charge < -0.3 is 4.98 Å². The second kappa shape index (κ2) is 5.72. The van der Waals surface area contributed by atoms with Crippen LogP contribution < -0.4 is 10.1 Å². The van der Waals surface area contributed by atoms with E-state index >= 15 is 0 Å². The van der Waals surface area contributed by atoms with Crippen LogP contribution in [-0.4, -0.2) is 9.97 Å². The van der Waals surface area contributed by atoms with Crippen molar-refractivity contribution < 1.29 is 4.57 Å². The Balaban J connectivity index is 1.80. The molecule has 0 aliphatic rings.